The Hall–Kier alpha value is -1.26. The van der Waals surface area contributed by atoms with Crippen molar-refractivity contribution in [2.75, 3.05) is 0 Å². The lowest BCUT2D eigenvalue weighted by molar-refractivity contribution is 0.808. The molecule has 0 bridgehead atoms. The standard InChI is InChI=1S/C10H11N3S/c1-7(11)10-13-9(6-14-10)8-2-4-12-5-3-8/h2-7H,11H2,1H3/t7-/m1/s1. The quantitative estimate of drug-likeness (QED) is 0.818. The zero-order valence-corrected chi connectivity index (χ0v) is 8.66. The van der Waals surface area contributed by atoms with E-state index >= 15 is 0 Å². The molecule has 0 fully saturated rings. The fraction of sp³-hybridized carbons (Fsp3) is 0.200. The van der Waals surface area contributed by atoms with Crippen LogP contribution in [0.1, 0.15) is 18.0 Å². The predicted molar refractivity (Wildman–Crippen MR) is 57.9 cm³/mol. The van der Waals surface area contributed by atoms with E-state index in [1.54, 1.807) is 23.7 Å². The van der Waals surface area contributed by atoms with Crippen LogP contribution in [0, 0.1) is 0 Å². The molecule has 0 spiro atoms. The first-order chi connectivity index (χ1) is 6.77. The molecule has 2 rings (SSSR count). The van der Waals surface area contributed by atoms with Crippen LogP contribution in [0.25, 0.3) is 11.3 Å². The maximum atomic E-state index is 5.74. The first-order valence-electron chi connectivity index (χ1n) is 4.39. The zero-order chi connectivity index (χ0) is 9.97. The number of rotatable bonds is 2. The van der Waals surface area contributed by atoms with Gasteiger partial charge in [-0.15, -0.1) is 11.3 Å². The van der Waals surface area contributed by atoms with Crippen LogP contribution in [0.5, 0.6) is 0 Å². The van der Waals surface area contributed by atoms with Crippen LogP contribution in [0.2, 0.25) is 0 Å². The Morgan fingerprint density at radius 2 is 2.07 bits per heavy atom. The minimum absolute atomic E-state index is 0.00980. The van der Waals surface area contributed by atoms with Crippen molar-refractivity contribution < 1.29 is 0 Å². The smallest absolute Gasteiger partial charge is 0.110 e. The van der Waals surface area contributed by atoms with Crippen LogP contribution in [0.4, 0.5) is 0 Å². The Morgan fingerprint density at radius 1 is 1.36 bits per heavy atom. The zero-order valence-electron chi connectivity index (χ0n) is 7.84. The third-order valence-corrected chi connectivity index (χ3v) is 2.93. The minimum Gasteiger partial charge on any atom is -0.322 e. The molecule has 3 nitrogen and oxygen atoms in total. The van der Waals surface area contributed by atoms with Gasteiger partial charge in [-0.1, -0.05) is 0 Å². The Bertz CT molecular complexity index is 408. The number of thiazole rings is 1. The molecule has 2 aromatic rings. The van der Waals surface area contributed by atoms with E-state index in [4.69, 9.17) is 5.73 Å². The van der Waals surface area contributed by atoms with E-state index in [1.807, 2.05) is 24.4 Å². The van der Waals surface area contributed by atoms with E-state index < -0.39 is 0 Å². The Kier molecular flexibility index (Phi) is 2.56. The Morgan fingerprint density at radius 3 is 2.64 bits per heavy atom. The Labute approximate surface area is 86.6 Å². The van der Waals surface area contributed by atoms with E-state index in [1.165, 1.54) is 0 Å². The fourth-order valence-corrected chi connectivity index (χ4v) is 1.94. The summed E-state index contributed by atoms with van der Waals surface area (Å²) in [5, 5.41) is 2.99. The second-order valence-corrected chi connectivity index (χ2v) is 3.99. The van der Waals surface area contributed by atoms with Gasteiger partial charge in [-0.2, -0.15) is 0 Å². The highest BCUT2D eigenvalue weighted by atomic mass is 32.1. The van der Waals surface area contributed by atoms with Crippen molar-refractivity contribution in [3.05, 3.63) is 34.9 Å². The van der Waals surface area contributed by atoms with Gasteiger partial charge in [-0.05, 0) is 19.1 Å². The summed E-state index contributed by atoms with van der Waals surface area (Å²) < 4.78 is 0. The molecule has 0 aliphatic carbocycles. The molecular formula is C10H11N3S. The van der Waals surface area contributed by atoms with Crippen molar-refractivity contribution in [2.45, 2.75) is 13.0 Å². The summed E-state index contributed by atoms with van der Waals surface area (Å²) in [5.74, 6) is 0. The topological polar surface area (TPSA) is 51.8 Å². The summed E-state index contributed by atoms with van der Waals surface area (Å²) in [6.45, 7) is 1.94. The van der Waals surface area contributed by atoms with Crippen LogP contribution in [0.15, 0.2) is 29.9 Å². The molecule has 0 saturated carbocycles. The van der Waals surface area contributed by atoms with Gasteiger partial charge >= 0.3 is 0 Å². The van der Waals surface area contributed by atoms with E-state index in [-0.39, 0.29) is 6.04 Å². The number of nitrogens with two attached hydrogens (primary N) is 1. The number of hydrogen-bond acceptors (Lipinski definition) is 4. The molecule has 2 N–H and O–H groups in total. The van der Waals surface area contributed by atoms with Gasteiger partial charge in [-0.25, -0.2) is 4.98 Å². The Balaban J connectivity index is 2.34. The van der Waals surface area contributed by atoms with Gasteiger partial charge in [0.25, 0.3) is 0 Å². The molecule has 72 valence electrons. The van der Waals surface area contributed by atoms with Crippen molar-refractivity contribution in [2.24, 2.45) is 5.73 Å². The van der Waals surface area contributed by atoms with Crippen LogP contribution < -0.4 is 5.73 Å². The molecule has 14 heavy (non-hydrogen) atoms. The number of hydrogen-bond donors (Lipinski definition) is 1. The SMILES string of the molecule is C[C@@H](N)c1nc(-c2ccncc2)cs1. The van der Waals surface area contributed by atoms with E-state index in [0.29, 0.717) is 0 Å². The molecule has 2 aromatic heterocycles. The summed E-state index contributed by atoms with van der Waals surface area (Å²) in [4.78, 5) is 8.41. The van der Waals surface area contributed by atoms with Crippen molar-refractivity contribution in [1.82, 2.24) is 9.97 Å². The van der Waals surface area contributed by atoms with Gasteiger partial charge in [0.05, 0.1) is 11.7 Å². The van der Waals surface area contributed by atoms with Gasteiger partial charge < -0.3 is 5.73 Å². The summed E-state index contributed by atoms with van der Waals surface area (Å²) in [7, 11) is 0. The number of aromatic nitrogens is 2. The molecule has 0 radical (unpaired) electrons. The van der Waals surface area contributed by atoms with E-state index in [9.17, 15) is 0 Å². The molecule has 0 aliphatic rings. The lowest BCUT2D eigenvalue weighted by atomic mass is 10.2. The molecule has 0 saturated heterocycles. The van der Waals surface area contributed by atoms with Crippen LogP contribution >= 0.6 is 11.3 Å². The molecule has 0 aromatic carbocycles. The monoisotopic (exact) mass is 205 g/mol. The first-order valence-corrected chi connectivity index (χ1v) is 5.27. The van der Waals surface area contributed by atoms with Gasteiger partial charge in [0.1, 0.15) is 5.01 Å². The van der Waals surface area contributed by atoms with Crippen LogP contribution in [-0.2, 0) is 0 Å². The van der Waals surface area contributed by atoms with Gasteiger partial charge in [0, 0.05) is 23.3 Å². The second kappa shape index (κ2) is 3.86. The van der Waals surface area contributed by atoms with E-state index in [2.05, 4.69) is 9.97 Å². The van der Waals surface area contributed by atoms with Crippen LogP contribution in [-0.4, -0.2) is 9.97 Å². The first kappa shape index (κ1) is 9.30. The molecule has 0 aliphatic heterocycles. The number of pyridine rings is 1. The summed E-state index contributed by atoms with van der Waals surface area (Å²) >= 11 is 1.60. The second-order valence-electron chi connectivity index (χ2n) is 3.10. The third-order valence-electron chi connectivity index (χ3n) is 1.89. The van der Waals surface area contributed by atoms with Crippen molar-refractivity contribution in [3.8, 4) is 11.3 Å². The van der Waals surface area contributed by atoms with E-state index in [0.717, 1.165) is 16.3 Å². The molecule has 0 unspecified atom stereocenters. The highest BCUT2D eigenvalue weighted by Crippen LogP contribution is 2.23. The van der Waals surface area contributed by atoms with Gasteiger partial charge in [0.2, 0.25) is 0 Å². The average Bonchev–Trinajstić information content (AvgIpc) is 2.68. The summed E-state index contributed by atoms with van der Waals surface area (Å²) in [5.41, 5.74) is 7.80. The maximum absolute atomic E-state index is 5.74. The molecule has 1 atom stereocenters. The molecule has 4 heteroatoms. The molecule has 2 heterocycles. The summed E-state index contributed by atoms with van der Waals surface area (Å²) in [6.07, 6.45) is 3.53. The molecular weight excluding hydrogens is 194 g/mol. The van der Waals surface area contributed by atoms with Crippen molar-refractivity contribution in [1.29, 1.82) is 0 Å². The van der Waals surface area contributed by atoms with Gasteiger partial charge in [0.15, 0.2) is 0 Å². The largest absolute Gasteiger partial charge is 0.322 e. The third kappa shape index (κ3) is 1.81. The normalized spacial score (nSPS) is 12.7. The van der Waals surface area contributed by atoms with Gasteiger partial charge in [-0.3, -0.25) is 4.98 Å². The lowest BCUT2D eigenvalue weighted by Gasteiger charge is -1.97. The minimum atomic E-state index is 0.00980. The van der Waals surface area contributed by atoms with Crippen LogP contribution in [0.3, 0.4) is 0 Å². The summed E-state index contributed by atoms with van der Waals surface area (Å²) in [6, 6.07) is 3.90. The molecule has 0 amide bonds. The number of nitrogens with zero attached hydrogens (tertiary/aromatic N) is 2. The maximum Gasteiger partial charge on any atom is 0.110 e. The van der Waals surface area contributed by atoms with Crippen molar-refractivity contribution >= 4 is 11.3 Å². The predicted octanol–water partition coefficient (Wildman–Crippen LogP) is 2.22. The van der Waals surface area contributed by atoms with Crippen molar-refractivity contribution in [3.63, 3.8) is 0 Å². The highest BCUT2D eigenvalue weighted by molar-refractivity contribution is 7.10. The lowest BCUT2D eigenvalue weighted by Crippen LogP contribution is -2.03. The average molecular weight is 205 g/mol. The fourth-order valence-electron chi connectivity index (χ4n) is 1.15. The highest BCUT2D eigenvalue weighted by Gasteiger charge is 2.06.